The molecule has 0 bridgehead atoms. The molecule has 34 heavy (non-hydrogen) atoms. The van der Waals surface area contributed by atoms with Gasteiger partial charge in [-0.05, 0) is 54.3 Å². The third-order valence-corrected chi connectivity index (χ3v) is 5.48. The summed E-state index contributed by atoms with van der Waals surface area (Å²) < 4.78 is 73.1. The summed E-state index contributed by atoms with van der Waals surface area (Å²) in [7, 11) is 0. The Morgan fingerprint density at radius 1 is 1.00 bits per heavy atom. The number of halogens is 5. The molecule has 4 rings (SSSR count). The van der Waals surface area contributed by atoms with Crippen LogP contribution in [0.15, 0.2) is 59.4 Å². The van der Waals surface area contributed by atoms with Crippen LogP contribution in [-0.4, -0.2) is 27.6 Å². The number of benzene rings is 2. The molecule has 3 aromatic rings. The lowest BCUT2D eigenvalue weighted by molar-refractivity contribution is -0.139. The lowest BCUT2D eigenvalue weighted by Crippen LogP contribution is -2.36. The molecule has 5 nitrogen and oxygen atoms in total. The number of aliphatic hydroxyl groups excluding tert-OH is 1. The zero-order valence-electron chi connectivity index (χ0n) is 17.8. The molecule has 1 aromatic heterocycles. The number of ether oxygens (including phenoxy) is 1. The maximum atomic E-state index is 13.4. The van der Waals surface area contributed by atoms with E-state index in [0.29, 0.717) is 28.7 Å². The van der Waals surface area contributed by atoms with Crippen molar-refractivity contribution in [1.29, 1.82) is 0 Å². The van der Waals surface area contributed by atoms with Gasteiger partial charge in [-0.1, -0.05) is 24.3 Å². The minimum atomic E-state index is -4.84. The second-order valence-electron chi connectivity index (χ2n) is 8.21. The molecule has 1 unspecified atom stereocenters. The minimum Gasteiger partial charge on any atom is -0.389 e. The molecule has 0 radical (unpaired) electrons. The van der Waals surface area contributed by atoms with Crippen molar-refractivity contribution in [3.8, 4) is 0 Å². The highest BCUT2D eigenvalue weighted by molar-refractivity contribution is 5.30. The largest absolute Gasteiger partial charge is 0.421 e. The van der Waals surface area contributed by atoms with E-state index in [1.807, 2.05) is 0 Å². The van der Waals surface area contributed by atoms with Crippen LogP contribution >= 0.6 is 0 Å². The molecule has 1 N–H and O–H groups in total. The highest BCUT2D eigenvalue weighted by Crippen LogP contribution is 2.40. The lowest BCUT2D eigenvalue weighted by Gasteiger charge is -2.21. The molecule has 0 amide bonds. The highest BCUT2D eigenvalue weighted by atomic mass is 19.4. The topological polar surface area (TPSA) is 64.4 Å². The minimum absolute atomic E-state index is 0.136. The normalized spacial score (nSPS) is 15.0. The van der Waals surface area contributed by atoms with Crippen molar-refractivity contribution in [2.45, 2.75) is 43.7 Å². The van der Waals surface area contributed by atoms with Gasteiger partial charge in [0, 0.05) is 5.92 Å². The number of rotatable bonds is 8. The first kappa shape index (κ1) is 24.0. The first-order chi connectivity index (χ1) is 16.1. The fraction of sp³-hybridized carbons (Fsp3) is 0.333. The molecule has 0 spiro atoms. The monoisotopic (exact) mass is 480 g/mol. The van der Waals surface area contributed by atoms with Crippen LogP contribution in [0.2, 0.25) is 0 Å². The number of nitrogens with zero attached hydrogens (tertiary/aromatic N) is 2. The van der Waals surface area contributed by atoms with Gasteiger partial charge in [-0.3, -0.25) is 4.79 Å². The standard InChI is InChI=1S/C24H21F5N2O3/c25-17-7-3-15(4-8-17)22(16-5-9-18(26)10-6-16)34-13-19(32)12-31-23(33)20(24(27,28)29)11-21(30-31)14-1-2-14/h3-11,14,19,22,32H,1-2,12-13H2. The molecular formula is C24H21F5N2O3. The molecule has 0 aliphatic heterocycles. The summed E-state index contributed by atoms with van der Waals surface area (Å²) in [6, 6.07) is 11.5. The average Bonchev–Trinajstić information content (AvgIpc) is 3.62. The van der Waals surface area contributed by atoms with Gasteiger partial charge in [0.25, 0.3) is 5.56 Å². The third kappa shape index (κ3) is 5.68. The summed E-state index contributed by atoms with van der Waals surface area (Å²) in [5, 5.41) is 14.5. The van der Waals surface area contributed by atoms with Crippen molar-refractivity contribution in [2.24, 2.45) is 0 Å². The van der Waals surface area contributed by atoms with Crippen LogP contribution in [0.25, 0.3) is 0 Å². The molecule has 0 saturated heterocycles. The van der Waals surface area contributed by atoms with Gasteiger partial charge in [-0.25, -0.2) is 13.5 Å². The van der Waals surface area contributed by atoms with E-state index in [-0.39, 0.29) is 18.2 Å². The second kappa shape index (κ2) is 9.63. The molecule has 1 atom stereocenters. The van der Waals surface area contributed by atoms with E-state index >= 15 is 0 Å². The van der Waals surface area contributed by atoms with Gasteiger partial charge >= 0.3 is 6.18 Å². The summed E-state index contributed by atoms with van der Waals surface area (Å²) >= 11 is 0. The molecule has 1 aliphatic carbocycles. The summed E-state index contributed by atoms with van der Waals surface area (Å²) in [5.74, 6) is -1.08. The van der Waals surface area contributed by atoms with Crippen molar-refractivity contribution in [3.05, 3.63) is 99.0 Å². The Morgan fingerprint density at radius 2 is 1.53 bits per heavy atom. The van der Waals surface area contributed by atoms with Crippen LogP contribution in [0.5, 0.6) is 0 Å². The lowest BCUT2D eigenvalue weighted by atomic mass is 10.0. The molecule has 1 fully saturated rings. The molecule has 10 heteroatoms. The Kier molecular flexibility index (Phi) is 6.81. The Bertz CT molecular complexity index is 1140. The number of hydrogen-bond donors (Lipinski definition) is 1. The first-order valence-electron chi connectivity index (χ1n) is 10.6. The predicted molar refractivity (Wildman–Crippen MR) is 112 cm³/mol. The van der Waals surface area contributed by atoms with E-state index in [1.165, 1.54) is 48.5 Å². The maximum Gasteiger partial charge on any atom is 0.421 e. The van der Waals surface area contributed by atoms with Crippen molar-refractivity contribution < 1.29 is 31.8 Å². The summed E-state index contributed by atoms with van der Waals surface area (Å²) in [4.78, 5) is 12.3. The second-order valence-corrected chi connectivity index (χ2v) is 8.21. The van der Waals surface area contributed by atoms with Crippen molar-refractivity contribution >= 4 is 0 Å². The zero-order chi connectivity index (χ0) is 24.5. The Labute approximate surface area is 191 Å². The van der Waals surface area contributed by atoms with Crippen molar-refractivity contribution in [1.82, 2.24) is 9.78 Å². The summed E-state index contributed by atoms with van der Waals surface area (Å²) in [6.07, 6.45) is -5.66. The van der Waals surface area contributed by atoms with E-state index in [1.54, 1.807) is 0 Å². The number of alkyl halides is 3. The van der Waals surface area contributed by atoms with E-state index in [0.717, 1.165) is 6.07 Å². The van der Waals surface area contributed by atoms with E-state index in [9.17, 15) is 31.9 Å². The number of aromatic nitrogens is 2. The predicted octanol–water partition coefficient (Wildman–Crippen LogP) is 4.58. The average molecular weight is 480 g/mol. The van der Waals surface area contributed by atoms with Crippen LogP contribution in [0.3, 0.4) is 0 Å². The molecule has 1 aliphatic rings. The van der Waals surface area contributed by atoms with Crippen LogP contribution in [0.1, 0.15) is 47.2 Å². The van der Waals surface area contributed by atoms with Crippen molar-refractivity contribution in [2.75, 3.05) is 6.61 Å². The van der Waals surface area contributed by atoms with Gasteiger partial charge in [-0.15, -0.1) is 0 Å². The molecule has 2 aromatic carbocycles. The summed E-state index contributed by atoms with van der Waals surface area (Å²) in [5.41, 5.74) is -1.47. The van der Waals surface area contributed by atoms with Crippen LogP contribution in [-0.2, 0) is 17.5 Å². The van der Waals surface area contributed by atoms with Crippen molar-refractivity contribution in [3.63, 3.8) is 0 Å². The van der Waals surface area contributed by atoms with Crippen LogP contribution in [0.4, 0.5) is 22.0 Å². The Morgan fingerprint density at radius 3 is 2.00 bits per heavy atom. The van der Waals surface area contributed by atoms with Gasteiger partial charge in [0.1, 0.15) is 23.3 Å². The zero-order valence-corrected chi connectivity index (χ0v) is 17.8. The highest BCUT2D eigenvalue weighted by Gasteiger charge is 2.37. The smallest absolute Gasteiger partial charge is 0.389 e. The van der Waals surface area contributed by atoms with Gasteiger partial charge in [-0.2, -0.15) is 18.3 Å². The molecule has 180 valence electrons. The van der Waals surface area contributed by atoms with Gasteiger partial charge < -0.3 is 9.84 Å². The SMILES string of the molecule is O=c1c(C(F)(F)F)cc(C2CC2)nn1CC(O)COC(c1ccc(F)cc1)c1ccc(F)cc1. The first-order valence-corrected chi connectivity index (χ1v) is 10.6. The van der Waals surface area contributed by atoms with Crippen LogP contribution < -0.4 is 5.56 Å². The molecule has 1 saturated carbocycles. The fourth-order valence-corrected chi connectivity index (χ4v) is 3.59. The van der Waals surface area contributed by atoms with Gasteiger partial charge in [0.15, 0.2) is 0 Å². The van der Waals surface area contributed by atoms with E-state index < -0.39 is 47.7 Å². The fourth-order valence-electron chi connectivity index (χ4n) is 3.59. The Hall–Kier alpha value is -3.11. The Balaban J connectivity index is 1.54. The number of hydrogen-bond acceptors (Lipinski definition) is 4. The maximum absolute atomic E-state index is 13.4. The van der Waals surface area contributed by atoms with Gasteiger partial charge in [0.2, 0.25) is 0 Å². The number of aliphatic hydroxyl groups is 1. The van der Waals surface area contributed by atoms with E-state index in [4.69, 9.17) is 4.74 Å². The summed E-state index contributed by atoms with van der Waals surface area (Å²) in [6.45, 7) is -0.884. The quantitative estimate of drug-likeness (QED) is 0.480. The van der Waals surface area contributed by atoms with E-state index in [2.05, 4.69) is 5.10 Å². The van der Waals surface area contributed by atoms with Gasteiger partial charge in [0.05, 0.1) is 24.9 Å². The molecular weight excluding hydrogens is 459 g/mol. The van der Waals surface area contributed by atoms with Crippen LogP contribution in [0, 0.1) is 11.6 Å². The third-order valence-electron chi connectivity index (χ3n) is 5.48. The molecule has 1 heterocycles.